The SMILES string of the molecule is CC1CC1NC(=O)c1ccc(C=CC(=O)O)s1. The molecule has 2 rings (SSSR count). The summed E-state index contributed by atoms with van der Waals surface area (Å²) in [7, 11) is 0. The van der Waals surface area contributed by atoms with Crippen LogP contribution in [0.2, 0.25) is 0 Å². The van der Waals surface area contributed by atoms with Crippen LogP contribution in [0.1, 0.15) is 27.9 Å². The van der Waals surface area contributed by atoms with Gasteiger partial charge in [-0.3, -0.25) is 4.79 Å². The summed E-state index contributed by atoms with van der Waals surface area (Å²) in [5.74, 6) is -0.485. The minimum Gasteiger partial charge on any atom is -0.478 e. The molecule has 1 aliphatic carbocycles. The first-order valence-corrected chi connectivity index (χ1v) is 6.19. The van der Waals surface area contributed by atoms with Crippen LogP contribution in [0.3, 0.4) is 0 Å². The van der Waals surface area contributed by atoms with Crippen LogP contribution in [0.4, 0.5) is 0 Å². The number of carboxylic acid groups (broad SMARTS) is 1. The highest BCUT2D eigenvalue weighted by molar-refractivity contribution is 7.14. The number of carbonyl (C=O) groups excluding carboxylic acids is 1. The third-order valence-corrected chi connectivity index (χ3v) is 3.72. The van der Waals surface area contributed by atoms with Gasteiger partial charge in [0.05, 0.1) is 4.88 Å². The van der Waals surface area contributed by atoms with Crippen molar-refractivity contribution >= 4 is 29.3 Å². The van der Waals surface area contributed by atoms with Gasteiger partial charge in [0.15, 0.2) is 0 Å². The summed E-state index contributed by atoms with van der Waals surface area (Å²) in [6.07, 6.45) is 3.60. The zero-order valence-corrected chi connectivity index (χ0v) is 10.2. The van der Waals surface area contributed by atoms with Gasteiger partial charge in [0.2, 0.25) is 0 Å². The molecule has 2 atom stereocenters. The van der Waals surface area contributed by atoms with Gasteiger partial charge in [-0.05, 0) is 30.5 Å². The summed E-state index contributed by atoms with van der Waals surface area (Å²) in [6, 6.07) is 3.77. The van der Waals surface area contributed by atoms with E-state index in [2.05, 4.69) is 12.2 Å². The lowest BCUT2D eigenvalue weighted by molar-refractivity contribution is -0.131. The van der Waals surface area contributed by atoms with E-state index >= 15 is 0 Å². The Kier molecular flexibility index (Phi) is 3.28. The van der Waals surface area contributed by atoms with E-state index in [1.165, 1.54) is 17.4 Å². The number of aliphatic carboxylic acids is 1. The quantitative estimate of drug-likeness (QED) is 0.804. The van der Waals surface area contributed by atoms with Crippen molar-refractivity contribution in [1.82, 2.24) is 5.32 Å². The van der Waals surface area contributed by atoms with Crippen LogP contribution in [0.5, 0.6) is 0 Å². The second-order valence-electron chi connectivity index (χ2n) is 4.17. The molecule has 17 heavy (non-hydrogen) atoms. The molecule has 1 fully saturated rings. The van der Waals surface area contributed by atoms with Crippen molar-refractivity contribution in [2.24, 2.45) is 5.92 Å². The zero-order valence-electron chi connectivity index (χ0n) is 9.34. The van der Waals surface area contributed by atoms with E-state index in [1.807, 2.05) is 0 Å². The van der Waals surface area contributed by atoms with Crippen LogP contribution in [0.25, 0.3) is 6.08 Å². The Morgan fingerprint density at radius 1 is 1.53 bits per heavy atom. The fraction of sp³-hybridized carbons (Fsp3) is 0.333. The monoisotopic (exact) mass is 251 g/mol. The van der Waals surface area contributed by atoms with Crippen LogP contribution in [-0.2, 0) is 4.79 Å². The zero-order chi connectivity index (χ0) is 12.4. The summed E-state index contributed by atoms with van der Waals surface area (Å²) in [6.45, 7) is 2.10. The minimum atomic E-state index is -0.990. The van der Waals surface area contributed by atoms with Crippen LogP contribution < -0.4 is 5.32 Å². The van der Waals surface area contributed by atoms with Gasteiger partial charge in [0.1, 0.15) is 0 Å². The van der Waals surface area contributed by atoms with Gasteiger partial charge >= 0.3 is 5.97 Å². The molecule has 0 aromatic carbocycles. The molecule has 2 N–H and O–H groups in total. The van der Waals surface area contributed by atoms with Gasteiger partial charge in [-0.15, -0.1) is 11.3 Å². The smallest absolute Gasteiger partial charge is 0.328 e. The van der Waals surface area contributed by atoms with Gasteiger partial charge in [0.25, 0.3) is 5.91 Å². The molecule has 1 aromatic heterocycles. The molecule has 0 radical (unpaired) electrons. The van der Waals surface area contributed by atoms with Crippen LogP contribution in [0, 0.1) is 5.92 Å². The summed E-state index contributed by atoms with van der Waals surface area (Å²) >= 11 is 1.29. The van der Waals surface area contributed by atoms with Gasteiger partial charge in [-0.25, -0.2) is 4.79 Å². The first-order valence-electron chi connectivity index (χ1n) is 5.38. The Labute approximate surface area is 103 Å². The first-order chi connectivity index (χ1) is 8.06. The summed E-state index contributed by atoms with van der Waals surface area (Å²) in [5.41, 5.74) is 0. The second-order valence-corrected chi connectivity index (χ2v) is 5.28. The predicted molar refractivity (Wildman–Crippen MR) is 66.0 cm³/mol. The number of carbonyl (C=O) groups is 2. The summed E-state index contributed by atoms with van der Waals surface area (Å²) in [4.78, 5) is 23.5. The molecule has 1 saturated carbocycles. The van der Waals surface area contributed by atoms with Gasteiger partial charge in [-0.2, -0.15) is 0 Å². The standard InChI is InChI=1S/C12H13NO3S/c1-7-6-9(7)13-12(16)10-4-2-8(17-10)3-5-11(14)15/h2-5,7,9H,6H2,1H3,(H,13,16)(H,14,15). The number of carboxylic acids is 1. The minimum absolute atomic E-state index is 0.0701. The van der Waals surface area contributed by atoms with Crippen LogP contribution in [0.15, 0.2) is 18.2 Å². The molecule has 2 unspecified atom stereocenters. The fourth-order valence-electron chi connectivity index (χ4n) is 1.48. The molecule has 1 aliphatic rings. The number of hydrogen-bond acceptors (Lipinski definition) is 3. The lowest BCUT2D eigenvalue weighted by atomic mass is 10.3. The Morgan fingerprint density at radius 2 is 2.24 bits per heavy atom. The number of rotatable bonds is 4. The third kappa shape index (κ3) is 3.17. The van der Waals surface area contributed by atoms with E-state index in [9.17, 15) is 9.59 Å². The molecule has 4 nitrogen and oxygen atoms in total. The third-order valence-electron chi connectivity index (χ3n) is 2.67. The highest BCUT2D eigenvalue weighted by Gasteiger charge is 2.34. The number of hydrogen-bond donors (Lipinski definition) is 2. The largest absolute Gasteiger partial charge is 0.478 e. The van der Waals surface area contributed by atoms with E-state index in [1.54, 1.807) is 12.1 Å². The molecule has 0 aliphatic heterocycles. The van der Waals surface area contributed by atoms with Gasteiger partial charge < -0.3 is 10.4 Å². The number of amides is 1. The Hall–Kier alpha value is -1.62. The second kappa shape index (κ2) is 4.71. The molecule has 1 aromatic rings. The van der Waals surface area contributed by atoms with E-state index in [0.29, 0.717) is 16.8 Å². The number of thiophene rings is 1. The van der Waals surface area contributed by atoms with Crippen molar-refractivity contribution in [3.8, 4) is 0 Å². The molecule has 5 heteroatoms. The topological polar surface area (TPSA) is 66.4 Å². The lowest BCUT2D eigenvalue weighted by Gasteiger charge is -1.99. The van der Waals surface area contributed by atoms with Crippen molar-refractivity contribution in [3.63, 3.8) is 0 Å². The van der Waals surface area contributed by atoms with Crippen molar-refractivity contribution < 1.29 is 14.7 Å². The Bertz CT molecular complexity index is 478. The fourth-order valence-corrected chi connectivity index (χ4v) is 2.29. The summed E-state index contributed by atoms with van der Waals surface area (Å²) < 4.78 is 0. The molecule has 0 saturated heterocycles. The normalized spacial score (nSPS) is 22.6. The van der Waals surface area contributed by atoms with Gasteiger partial charge in [-0.1, -0.05) is 6.92 Å². The molecule has 90 valence electrons. The first kappa shape index (κ1) is 11.9. The lowest BCUT2D eigenvalue weighted by Crippen LogP contribution is -2.25. The average molecular weight is 251 g/mol. The maximum Gasteiger partial charge on any atom is 0.328 e. The molecule has 0 bridgehead atoms. The van der Waals surface area contributed by atoms with E-state index < -0.39 is 5.97 Å². The maximum absolute atomic E-state index is 11.8. The Balaban J connectivity index is 1.97. The van der Waals surface area contributed by atoms with E-state index in [-0.39, 0.29) is 5.91 Å². The molecular weight excluding hydrogens is 238 g/mol. The maximum atomic E-state index is 11.8. The molecular formula is C12H13NO3S. The summed E-state index contributed by atoms with van der Waals surface area (Å²) in [5, 5.41) is 11.4. The van der Waals surface area contributed by atoms with Crippen LogP contribution in [-0.4, -0.2) is 23.0 Å². The molecule has 0 spiro atoms. The van der Waals surface area contributed by atoms with E-state index in [0.717, 1.165) is 17.4 Å². The van der Waals surface area contributed by atoms with Crippen molar-refractivity contribution in [2.45, 2.75) is 19.4 Å². The molecule has 1 heterocycles. The molecule has 1 amide bonds. The van der Waals surface area contributed by atoms with Crippen molar-refractivity contribution in [1.29, 1.82) is 0 Å². The van der Waals surface area contributed by atoms with Crippen LogP contribution >= 0.6 is 11.3 Å². The van der Waals surface area contributed by atoms with E-state index in [4.69, 9.17) is 5.11 Å². The average Bonchev–Trinajstić information content (AvgIpc) is 2.81. The Morgan fingerprint density at radius 3 is 2.82 bits per heavy atom. The highest BCUT2D eigenvalue weighted by Crippen LogP contribution is 2.29. The van der Waals surface area contributed by atoms with Crippen molar-refractivity contribution in [2.75, 3.05) is 0 Å². The van der Waals surface area contributed by atoms with Crippen molar-refractivity contribution in [3.05, 3.63) is 28.0 Å². The number of nitrogens with one attached hydrogen (secondary N) is 1. The highest BCUT2D eigenvalue weighted by atomic mass is 32.1. The predicted octanol–water partition coefficient (Wildman–Crippen LogP) is 1.98. The van der Waals surface area contributed by atoms with Gasteiger partial charge in [0, 0.05) is 17.0 Å².